The Morgan fingerprint density at radius 2 is 2.15 bits per heavy atom. The molecule has 1 saturated heterocycles. The van der Waals surface area contributed by atoms with Gasteiger partial charge in [-0.15, -0.1) is 0 Å². The zero-order valence-corrected chi connectivity index (χ0v) is 11.5. The molecule has 1 aliphatic rings. The summed E-state index contributed by atoms with van der Waals surface area (Å²) in [5.41, 5.74) is -0.0920. The lowest BCUT2D eigenvalue weighted by Crippen LogP contribution is -2.34. The van der Waals surface area contributed by atoms with Crippen molar-refractivity contribution >= 4 is 29.3 Å². The van der Waals surface area contributed by atoms with Crippen molar-refractivity contribution in [1.82, 2.24) is 4.90 Å². The van der Waals surface area contributed by atoms with Crippen LogP contribution in [0.2, 0.25) is 5.02 Å². The highest BCUT2D eigenvalue weighted by molar-refractivity contribution is 6.33. The van der Waals surface area contributed by atoms with Crippen LogP contribution >= 0.6 is 11.6 Å². The Bertz CT molecular complexity index is 532. The summed E-state index contributed by atoms with van der Waals surface area (Å²) in [6.45, 7) is 2.19. The van der Waals surface area contributed by atoms with Gasteiger partial charge in [0.05, 0.1) is 16.6 Å². The minimum absolute atomic E-state index is 0.0920. The highest BCUT2D eigenvalue weighted by atomic mass is 35.5. The summed E-state index contributed by atoms with van der Waals surface area (Å²) in [5.74, 6) is -2.31. The summed E-state index contributed by atoms with van der Waals surface area (Å²) in [6, 6.07) is 3.54. The molecule has 1 aliphatic heterocycles. The van der Waals surface area contributed by atoms with Crippen LogP contribution in [0.3, 0.4) is 0 Å². The Morgan fingerprint density at radius 1 is 1.45 bits per heavy atom. The van der Waals surface area contributed by atoms with E-state index in [4.69, 9.17) is 16.7 Å². The van der Waals surface area contributed by atoms with E-state index in [1.54, 1.807) is 6.92 Å². The Labute approximate surface area is 120 Å². The Morgan fingerprint density at radius 3 is 2.70 bits per heavy atom. The van der Waals surface area contributed by atoms with Crippen LogP contribution in [0.15, 0.2) is 18.2 Å². The summed E-state index contributed by atoms with van der Waals surface area (Å²) in [6.07, 6.45) is 0. The predicted octanol–water partition coefficient (Wildman–Crippen LogP) is 2.66. The molecule has 0 saturated carbocycles. The molecule has 0 spiro atoms. The first-order valence-corrected chi connectivity index (χ1v) is 6.50. The summed E-state index contributed by atoms with van der Waals surface area (Å²) in [7, 11) is 0. The van der Waals surface area contributed by atoms with Gasteiger partial charge in [-0.3, -0.25) is 4.79 Å². The van der Waals surface area contributed by atoms with E-state index in [2.05, 4.69) is 5.32 Å². The van der Waals surface area contributed by atoms with Gasteiger partial charge in [0, 0.05) is 13.1 Å². The maximum absolute atomic E-state index is 13.6. The summed E-state index contributed by atoms with van der Waals surface area (Å²) in [4.78, 5) is 24.4. The molecule has 1 aromatic carbocycles. The van der Waals surface area contributed by atoms with Gasteiger partial charge in [-0.05, 0) is 18.1 Å². The van der Waals surface area contributed by atoms with Gasteiger partial charge in [-0.25, -0.2) is 9.18 Å². The molecule has 20 heavy (non-hydrogen) atoms. The van der Waals surface area contributed by atoms with Crippen molar-refractivity contribution < 1.29 is 19.1 Å². The van der Waals surface area contributed by atoms with Crippen LogP contribution in [-0.4, -0.2) is 35.1 Å². The van der Waals surface area contributed by atoms with Crippen LogP contribution in [0.5, 0.6) is 0 Å². The lowest BCUT2D eigenvalue weighted by atomic mass is 9.99. The van der Waals surface area contributed by atoms with Crippen LogP contribution in [0, 0.1) is 17.7 Å². The van der Waals surface area contributed by atoms with E-state index >= 15 is 0 Å². The number of aliphatic carboxylic acids is 1. The zero-order chi connectivity index (χ0) is 14.9. The molecule has 7 heteroatoms. The van der Waals surface area contributed by atoms with Crippen LogP contribution < -0.4 is 5.32 Å². The van der Waals surface area contributed by atoms with Crippen LogP contribution in [0.4, 0.5) is 14.9 Å². The van der Waals surface area contributed by atoms with Crippen LogP contribution in [0.1, 0.15) is 6.92 Å². The van der Waals surface area contributed by atoms with Gasteiger partial charge in [-0.1, -0.05) is 24.6 Å². The minimum Gasteiger partial charge on any atom is -0.481 e. The van der Waals surface area contributed by atoms with Crippen molar-refractivity contribution in [2.75, 3.05) is 18.4 Å². The molecule has 2 unspecified atom stereocenters. The lowest BCUT2D eigenvalue weighted by Gasteiger charge is -2.17. The van der Waals surface area contributed by atoms with E-state index < -0.39 is 23.7 Å². The molecule has 2 N–H and O–H groups in total. The Kier molecular flexibility index (Phi) is 4.13. The molecule has 2 atom stereocenters. The van der Waals surface area contributed by atoms with E-state index in [1.807, 2.05) is 0 Å². The molecule has 108 valence electrons. The van der Waals surface area contributed by atoms with E-state index in [9.17, 15) is 14.0 Å². The van der Waals surface area contributed by atoms with Gasteiger partial charge in [0.2, 0.25) is 0 Å². The fraction of sp³-hybridized carbons (Fsp3) is 0.385. The van der Waals surface area contributed by atoms with Gasteiger partial charge in [-0.2, -0.15) is 0 Å². The second-order valence-corrected chi connectivity index (χ2v) is 5.26. The number of rotatable bonds is 2. The van der Waals surface area contributed by atoms with E-state index in [1.165, 1.54) is 23.1 Å². The molecule has 1 fully saturated rings. The zero-order valence-electron chi connectivity index (χ0n) is 10.8. The number of carboxylic acids is 1. The topological polar surface area (TPSA) is 69.6 Å². The average Bonchev–Trinajstić information content (AvgIpc) is 2.76. The lowest BCUT2D eigenvalue weighted by molar-refractivity contribution is -0.142. The monoisotopic (exact) mass is 300 g/mol. The van der Waals surface area contributed by atoms with E-state index in [0.29, 0.717) is 6.54 Å². The maximum Gasteiger partial charge on any atom is 0.321 e. The van der Waals surface area contributed by atoms with E-state index in [0.717, 1.165) is 0 Å². The number of benzene rings is 1. The second kappa shape index (κ2) is 5.66. The van der Waals surface area contributed by atoms with Crippen LogP contribution in [-0.2, 0) is 4.79 Å². The number of carbonyl (C=O) groups excluding carboxylic acids is 1. The number of likely N-dealkylation sites (tertiary alicyclic amines) is 1. The molecule has 0 aliphatic carbocycles. The third-order valence-electron chi connectivity index (χ3n) is 3.41. The van der Waals surface area contributed by atoms with Gasteiger partial charge >= 0.3 is 12.0 Å². The third kappa shape index (κ3) is 2.85. The quantitative estimate of drug-likeness (QED) is 0.882. The highest BCUT2D eigenvalue weighted by Gasteiger charge is 2.37. The SMILES string of the molecule is CC1CN(C(=O)Nc2c(F)cccc2Cl)CC1C(=O)O. The Hall–Kier alpha value is -1.82. The molecule has 1 aromatic rings. The molecular formula is C13H14ClFN2O3. The number of urea groups is 1. The first-order valence-electron chi connectivity index (χ1n) is 6.13. The van der Waals surface area contributed by atoms with Gasteiger partial charge < -0.3 is 15.3 Å². The van der Waals surface area contributed by atoms with Crippen molar-refractivity contribution in [3.05, 3.63) is 29.0 Å². The minimum atomic E-state index is -0.934. The van der Waals surface area contributed by atoms with Crippen LogP contribution in [0.25, 0.3) is 0 Å². The number of nitrogens with one attached hydrogen (secondary N) is 1. The third-order valence-corrected chi connectivity index (χ3v) is 3.73. The van der Waals surface area contributed by atoms with Gasteiger partial charge in [0.25, 0.3) is 0 Å². The highest BCUT2D eigenvalue weighted by Crippen LogP contribution is 2.27. The number of carboxylic acid groups (broad SMARTS) is 1. The number of nitrogens with zero attached hydrogens (tertiary/aromatic N) is 1. The first kappa shape index (κ1) is 14.6. The van der Waals surface area contributed by atoms with E-state index in [-0.39, 0.29) is 23.2 Å². The van der Waals surface area contributed by atoms with Crippen molar-refractivity contribution in [3.63, 3.8) is 0 Å². The summed E-state index contributed by atoms with van der Waals surface area (Å²) < 4.78 is 13.6. The number of hydrogen-bond donors (Lipinski definition) is 2. The normalized spacial score (nSPS) is 21.9. The number of carbonyl (C=O) groups is 2. The first-order chi connectivity index (χ1) is 9.40. The van der Waals surface area contributed by atoms with Gasteiger partial charge in [0.15, 0.2) is 0 Å². The molecule has 1 heterocycles. The standard InChI is InChI=1S/C13H14ClFN2O3/c1-7-5-17(6-8(7)12(18)19)13(20)16-11-9(14)3-2-4-10(11)15/h2-4,7-8H,5-6H2,1H3,(H,16,20)(H,18,19). The molecule has 0 aromatic heterocycles. The number of para-hydroxylation sites is 1. The fourth-order valence-electron chi connectivity index (χ4n) is 2.26. The number of anilines is 1. The van der Waals surface area contributed by atoms with Crippen molar-refractivity contribution in [1.29, 1.82) is 0 Å². The molecule has 0 bridgehead atoms. The average molecular weight is 301 g/mol. The fourth-order valence-corrected chi connectivity index (χ4v) is 2.47. The van der Waals surface area contributed by atoms with Crippen molar-refractivity contribution in [3.8, 4) is 0 Å². The number of amides is 2. The van der Waals surface area contributed by atoms with Gasteiger partial charge in [0.1, 0.15) is 5.82 Å². The molecular weight excluding hydrogens is 287 g/mol. The number of halogens is 2. The maximum atomic E-state index is 13.6. The molecule has 5 nitrogen and oxygen atoms in total. The Balaban J connectivity index is 2.08. The molecule has 2 amide bonds. The second-order valence-electron chi connectivity index (χ2n) is 4.85. The van der Waals surface area contributed by atoms with Crippen molar-refractivity contribution in [2.24, 2.45) is 11.8 Å². The predicted molar refractivity (Wildman–Crippen MR) is 72.3 cm³/mol. The molecule has 0 radical (unpaired) electrons. The molecule has 2 rings (SSSR count). The van der Waals surface area contributed by atoms with Crippen molar-refractivity contribution in [2.45, 2.75) is 6.92 Å². The summed E-state index contributed by atoms with van der Waals surface area (Å²) >= 11 is 5.82. The number of hydrogen-bond acceptors (Lipinski definition) is 2. The summed E-state index contributed by atoms with van der Waals surface area (Å²) in [5, 5.41) is 11.5. The largest absolute Gasteiger partial charge is 0.481 e. The smallest absolute Gasteiger partial charge is 0.321 e.